The summed E-state index contributed by atoms with van der Waals surface area (Å²) in [5.74, 6) is 0.0222. The largest absolute Gasteiger partial charge is 0.492 e. The summed E-state index contributed by atoms with van der Waals surface area (Å²) in [4.78, 5) is 12.8. The van der Waals surface area contributed by atoms with E-state index in [1.165, 1.54) is 11.9 Å². The molecule has 7 nitrogen and oxygen atoms in total. The van der Waals surface area contributed by atoms with Crippen LogP contribution in [0.25, 0.3) is 0 Å². The number of nitrogens with two attached hydrogens (primary N) is 1. The van der Waals surface area contributed by atoms with Crippen LogP contribution in [0.3, 0.4) is 0 Å². The fourth-order valence-corrected chi connectivity index (χ4v) is 2.37. The van der Waals surface area contributed by atoms with E-state index in [9.17, 15) is 13.2 Å². The van der Waals surface area contributed by atoms with Gasteiger partial charge in [-0.15, -0.1) is 0 Å². The minimum Gasteiger partial charge on any atom is -0.492 e. The lowest BCUT2D eigenvalue weighted by molar-refractivity contribution is -0.128. The van der Waals surface area contributed by atoms with Crippen LogP contribution >= 0.6 is 0 Å². The first-order valence-electron chi connectivity index (χ1n) is 6.35. The summed E-state index contributed by atoms with van der Waals surface area (Å²) in [6, 6.07) is 6.75. The number of sulfonamides is 1. The molecular formula is C13H21N3O4S. The minimum absolute atomic E-state index is 0.00766. The van der Waals surface area contributed by atoms with E-state index in [0.29, 0.717) is 11.4 Å². The predicted octanol–water partition coefficient (Wildman–Crippen LogP) is -0.00260. The van der Waals surface area contributed by atoms with E-state index in [2.05, 4.69) is 0 Å². The first kappa shape index (κ1) is 17.3. The Morgan fingerprint density at radius 2 is 1.95 bits per heavy atom. The quantitative estimate of drug-likeness (QED) is 0.715. The molecule has 0 atom stereocenters. The number of ether oxygens (including phenoxy) is 1. The second kappa shape index (κ2) is 7.28. The molecule has 0 aliphatic carbocycles. The summed E-state index contributed by atoms with van der Waals surface area (Å²) in [6.07, 6.45) is 0. The van der Waals surface area contributed by atoms with Crippen molar-refractivity contribution in [1.82, 2.24) is 9.21 Å². The highest BCUT2D eigenvalue weighted by Crippen LogP contribution is 2.14. The molecule has 0 unspecified atom stereocenters. The highest BCUT2D eigenvalue weighted by atomic mass is 32.2. The van der Waals surface area contributed by atoms with Crippen molar-refractivity contribution in [2.24, 2.45) is 0 Å². The maximum absolute atomic E-state index is 12.0. The van der Waals surface area contributed by atoms with Gasteiger partial charge < -0.3 is 15.4 Å². The number of amides is 1. The second-order valence-electron chi connectivity index (χ2n) is 4.78. The molecule has 1 amide bonds. The molecule has 0 aromatic heterocycles. The Bertz CT molecular complexity index is 587. The molecule has 0 saturated carbocycles. The topological polar surface area (TPSA) is 92.9 Å². The van der Waals surface area contributed by atoms with Gasteiger partial charge in [0.25, 0.3) is 0 Å². The Morgan fingerprint density at radius 1 is 1.29 bits per heavy atom. The van der Waals surface area contributed by atoms with Gasteiger partial charge in [-0.2, -0.15) is 4.31 Å². The van der Waals surface area contributed by atoms with Gasteiger partial charge in [0.1, 0.15) is 12.4 Å². The molecule has 118 valence electrons. The molecule has 0 spiro atoms. The molecule has 2 N–H and O–H groups in total. The Kier molecular flexibility index (Phi) is 5.98. The average Bonchev–Trinajstić information content (AvgIpc) is 2.38. The Morgan fingerprint density at radius 3 is 2.52 bits per heavy atom. The number of nitrogen functional groups attached to an aromatic ring is 1. The fourth-order valence-electron chi connectivity index (χ4n) is 1.46. The predicted molar refractivity (Wildman–Crippen MR) is 81.5 cm³/mol. The third-order valence-corrected chi connectivity index (χ3v) is 4.56. The average molecular weight is 315 g/mol. The number of carbonyl (C=O) groups excluding carboxylic acids is 1. The lowest BCUT2D eigenvalue weighted by Crippen LogP contribution is -2.39. The fraction of sp³-hybridized carbons (Fsp3) is 0.462. The van der Waals surface area contributed by atoms with Crippen LogP contribution in [-0.2, 0) is 14.8 Å². The van der Waals surface area contributed by atoms with E-state index in [4.69, 9.17) is 10.5 Å². The number of benzene rings is 1. The highest BCUT2D eigenvalue weighted by molar-refractivity contribution is 7.89. The Hall–Kier alpha value is -1.80. The standard InChI is InChI=1S/C13H21N3O4S/c1-15(2)13(17)10-16(3)21(18,19)8-7-20-12-6-4-5-11(14)9-12/h4-6,9H,7-8,10,14H2,1-3H3. The molecule has 0 fully saturated rings. The van der Waals surface area contributed by atoms with E-state index in [-0.39, 0.29) is 24.8 Å². The van der Waals surface area contributed by atoms with E-state index >= 15 is 0 Å². The van der Waals surface area contributed by atoms with Crippen molar-refractivity contribution in [2.75, 3.05) is 45.8 Å². The molecule has 21 heavy (non-hydrogen) atoms. The zero-order chi connectivity index (χ0) is 16.0. The van der Waals surface area contributed by atoms with Crippen LogP contribution in [0.4, 0.5) is 5.69 Å². The van der Waals surface area contributed by atoms with Crippen LogP contribution in [-0.4, -0.2) is 63.6 Å². The third-order valence-electron chi connectivity index (χ3n) is 2.80. The number of carbonyl (C=O) groups is 1. The Balaban J connectivity index is 2.51. The number of hydrogen-bond donors (Lipinski definition) is 1. The summed E-state index contributed by atoms with van der Waals surface area (Å²) in [5, 5.41) is 0. The van der Waals surface area contributed by atoms with Crippen LogP contribution in [0, 0.1) is 0 Å². The van der Waals surface area contributed by atoms with Gasteiger partial charge in [-0.3, -0.25) is 4.79 Å². The van der Waals surface area contributed by atoms with Crippen molar-refractivity contribution < 1.29 is 17.9 Å². The summed E-state index contributed by atoms with van der Waals surface area (Å²) in [7, 11) is 0.983. The van der Waals surface area contributed by atoms with Gasteiger partial charge in [-0.1, -0.05) is 6.07 Å². The molecule has 0 heterocycles. The van der Waals surface area contributed by atoms with Crippen molar-refractivity contribution in [3.8, 4) is 5.75 Å². The van der Waals surface area contributed by atoms with Crippen molar-refractivity contribution in [3.63, 3.8) is 0 Å². The number of hydrogen-bond acceptors (Lipinski definition) is 5. The molecule has 1 aromatic rings. The normalized spacial score (nSPS) is 11.4. The molecular weight excluding hydrogens is 294 g/mol. The van der Waals surface area contributed by atoms with Crippen LogP contribution in [0.2, 0.25) is 0 Å². The number of likely N-dealkylation sites (N-methyl/N-ethyl adjacent to an activating group) is 2. The monoisotopic (exact) mass is 315 g/mol. The van der Waals surface area contributed by atoms with Crippen LogP contribution in [0.5, 0.6) is 5.75 Å². The molecule has 8 heteroatoms. The minimum atomic E-state index is -3.54. The molecule has 0 bridgehead atoms. The van der Waals surface area contributed by atoms with Gasteiger partial charge in [0.05, 0.1) is 12.3 Å². The van der Waals surface area contributed by atoms with Crippen LogP contribution in [0.1, 0.15) is 0 Å². The SMILES string of the molecule is CN(C)C(=O)CN(C)S(=O)(=O)CCOc1cccc(N)c1. The molecule has 1 aromatic carbocycles. The van der Waals surface area contributed by atoms with E-state index in [0.717, 1.165) is 4.31 Å². The molecule has 0 radical (unpaired) electrons. The zero-order valence-corrected chi connectivity index (χ0v) is 13.3. The number of anilines is 1. The highest BCUT2D eigenvalue weighted by Gasteiger charge is 2.21. The van der Waals surface area contributed by atoms with Crippen molar-refractivity contribution in [3.05, 3.63) is 24.3 Å². The van der Waals surface area contributed by atoms with Crippen LogP contribution in [0.15, 0.2) is 24.3 Å². The Labute approximate surface area is 125 Å². The lowest BCUT2D eigenvalue weighted by Gasteiger charge is -2.19. The van der Waals surface area contributed by atoms with E-state index in [1.54, 1.807) is 38.4 Å². The molecule has 0 saturated heterocycles. The summed E-state index contributed by atoms with van der Waals surface area (Å²) < 4.78 is 30.4. The lowest BCUT2D eigenvalue weighted by atomic mass is 10.3. The van der Waals surface area contributed by atoms with Gasteiger partial charge in [0.15, 0.2) is 0 Å². The smallest absolute Gasteiger partial charge is 0.237 e. The van der Waals surface area contributed by atoms with Crippen LogP contribution < -0.4 is 10.5 Å². The molecule has 0 aliphatic heterocycles. The van der Waals surface area contributed by atoms with E-state index < -0.39 is 10.0 Å². The molecule has 1 rings (SSSR count). The summed E-state index contributed by atoms with van der Waals surface area (Å²) >= 11 is 0. The van der Waals surface area contributed by atoms with Crippen molar-refractivity contribution in [1.29, 1.82) is 0 Å². The second-order valence-corrected chi connectivity index (χ2v) is 6.98. The van der Waals surface area contributed by atoms with Gasteiger partial charge in [0, 0.05) is 32.9 Å². The maximum atomic E-state index is 12.0. The van der Waals surface area contributed by atoms with Crippen molar-refractivity contribution >= 4 is 21.6 Å². The first-order chi connectivity index (χ1) is 9.72. The van der Waals surface area contributed by atoms with Crippen molar-refractivity contribution in [2.45, 2.75) is 0 Å². The zero-order valence-electron chi connectivity index (χ0n) is 12.4. The van der Waals surface area contributed by atoms with Gasteiger partial charge in [-0.05, 0) is 12.1 Å². The van der Waals surface area contributed by atoms with Gasteiger partial charge in [0.2, 0.25) is 15.9 Å². The maximum Gasteiger partial charge on any atom is 0.237 e. The van der Waals surface area contributed by atoms with Gasteiger partial charge >= 0.3 is 0 Å². The number of nitrogens with zero attached hydrogens (tertiary/aromatic N) is 2. The summed E-state index contributed by atoms with van der Waals surface area (Å²) in [6.45, 7) is -0.195. The van der Waals surface area contributed by atoms with Gasteiger partial charge in [-0.25, -0.2) is 8.42 Å². The first-order valence-corrected chi connectivity index (χ1v) is 7.96. The molecule has 0 aliphatic rings. The third kappa shape index (κ3) is 5.60. The van der Waals surface area contributed by atoms with E-state index in [1.807, 2.05) is 0 Å². The summed E-state index contributed by atoms with van der Waals surface area (Å²) in [5.41, 5.74) is 6.14. The number of rotatable bonds is 7.